The normalized spacial score (nSPS) is 14.8. The molecular weight excluding hydrogens is 378 g/mol. The van der Waals surface area contributed by atoms with Crippen molar-refractivity contribution in [2.24, 2.45) is 11.7 Å². The molecule has 0 radical (unpaired) electrons. The highest BCUT2D eigenvalue weighted by molar-refractivity contribution is 7.18. The monoisotopic (exact) mass is 409 g/mol. The van der Waals surface area contributed by atoms with E-state index in [2.05, 4.69) is 5.32 Å². The summed E-state index contributed by atoms with van der Waals surface area (Å²) >= 11 is 1.20. The number of aryl methyl sites for hydroxylation is 1. The van der Waals surface area contributed by atoms with Gasteiger partial charge in [0.1, 0.15) is 4.88 Å². The summed E-state index contributed by atoms with van der Waals surface area (Å²) in [7, 11) is 0. The predicted octanol–water partition coefficient (Wildman–Crippen LogP) is 2.93. The Kier molecular flexibility index (Phi) is 8.92. The first-order valence-corrected chi connectivity index (χ1v) is 10.8. The maximum atomic E-state index is 12.5. The molecule has 8 heteroatoms. The molecule has 1 aliphatic rings. The third kappa shape index (κ3) is 7.24. The minimum atomic E-state index is -0.437. The summed E-state index contributed by atoms with van der Waals surface area (Å²) in [6, 6.07) is 1.76. The Morgan fingerprint density at radius 1 is 1.25 bits per heavy atom. The van der Waals surface area contributed by atoms with Crippen molar-refractivity contribution in [3.05, 3.63) is 16.5 Å². The number of esters is 1. The third-order valence-electron chi connectivity index (χ3n) is 4.97. The van der Waals surface area contributed by atoms with Crippen molar-refractivity contribution in [3.8, 4) is 0 Å². The zero-order chi connectivity index (χ0) is 20.5. The molecule has 0 unspecified atom stereocenters. The number of primary amides is 1. The average Bonchev–Trinajstić information content (AvgIpc) is 3.00. The van der Waals surface area contributed by atoms with Gasteiger partial charge in [-0.15, -0.1) is 11.3 Å². The van der Waals surface area contributed by atoms with Crippen molar-refractivity contribution in [3.63, 3.8) is 0 Å². The van der Waals surface area contributed by atoms with Crippen molar-refractivity contribution in [1.29, 1.82) is 0 Å². The Morgan fingerprint density at radius 3 is 2.61 bits per heavy atom. The number of anilines is 1. The van der Waals surface area contributed by atoms with Crippen LogP contribution in [0.4, 0.5) is 5.00 Å². The van der Waals surface area contributed by atoms with Crippen LogP contribution in [0.5, 0.6) is 0 Å². The molecule has 7 nitrogen and oxygen atoms in total. The van der Waals surface area contributed by atoms with Crippen LogP contribution in [0.25, 0.3) is 0 Å². The SMILES string of the molecule is CCOC(=O)c1sc(NC(=O)CN(CCC2CCCCC2)CC(N)=O)cc1C. The summed E-state index contributed by atoms with van der Waals surface area (Å²) in [6.07, 6.45) is 7.26. The van der Waals surface area contributed by atoms with E-state index in [4.69, 9.17) is 10.5 Å². The van der Waals surface area contributed by atoms with E-state index in [0.29, 0.717) is 28.9 Å². The van der Waals surface area contributed by atoms with Gasteiger partial charge in [-0.25, -0.2) is 4.79 Å². The second kappa shape index (κ2) is 11.2. The second-order valence-electron chi connectivity index (χ2n) is 7.36. The maximum Gasteiger partial charge on any atom is 0.348 e. The van der Waals surface area contributed by atoms with Crippen molar-refractivity contribution >= 4 is 34.1 Å². The minimum Gasteiger partial charge on any atom is -0.462 e. The number of hydrogen-bond acceptors (Lipinski definition) is 6. The van der Waals surface area contributed by atoms with Gasteiger partial charge in [0, 0.05) is 0 Å². The maximum absolute atomic E-state index is 12.5. The van der Waals surface area contributed by atoms with Gasteiger partial charge in [-0.1, -0.05) is 32.1 Å². The summed E-state index contributed by atoms with van der Waals surface area (Å²) in [5, 5.41) is 3.41. The highest BCUT2D eigenvalue weighted by atomic mass is 32.1. The Hall–Kier alpha value is -1.93. The molecule has 3 N–H and O–H groups in total. The quantitative estimate of drug-likeness (QED) is 0.579. The minimum absolute atomic E-state index is 0.0671. The largest absolute Gasteiger partial charge is 0.462 e. The van der Waals surface area contributed by atoms with Crippen LogP contribution in [-0.2, 0) is 14.3 Å². The van der Waals surface area contributed by atoms with E-state index in [-0.39, 0.29) is 25.0 Å². The Bertz CT molecular complexity index is 683. The molecule has 2 amide bonds. The van der Waals surface area contributed by atoms with Gasteiger partial charge < -0.3 is 15.8 Å². The zero-order valence-electron chi connectivity index (χ0n) is 16.8. The number of nitrogens with one attached hydrogen (secondary N) is 1. The molecule has 2 rings (SSSR count). The number of thiophene rings is 1. The van der Waals surface area contributed by atoms with Gasteiger partial charge in [0.2, 0.25) is 11.8 Å². The number of hydrogen-bond donors (Lipinski definition) is 2. The van der Waals surface area contributed by atoms with Gasteiger partial charge >= 0.3 is 5.97 Å². The lowest BCUT2D eigenvalue weighted by Crippen LogP contribution is -2.40. The summed E-state index contributed by atoms with van der Waals surface area (Å²) in [5.74, 6) is -0.373. The van der Waals surface area contributed by atoms with E-state index in [1.165, 1.54) is 43.4 Å². The van der Waals surface area contributed by atoms with Crippen LogP contribution in [-0.4, -0.2) is 48.9 Å². The smallest absolute Gasteiger partial charge is 0.348 e. The molecule has 0 atom stereocenters. The molecule has 1 heterocycles. The van der Waals surface area contributed by atoms with Crippen LogP contribution in [0.15, 0.2) is 6.07 Å². The van der Waals surface area contributed by atoms with Crippen LogP contribution in [0.3, 0.4) is 0 Å². The molecule has 1 fully saturated rings. The Balaban J connectivity index is 1.90. The van der Waals surface area contributed by atoms with E-state index in [1.807, 2.05) is 6.92 Å². The molecule has 0 aromatic carbocycles. The van der Waals surface area contributed by atoms with E-state index in [1.54, 1.807) is 17.9 Å². The number of amides is 2. The number of carbonyl (C=O) groups is 3. The lowest BCUT2D eigenvalue weighted by Gasteiger charge is -2.25. The lowest BCUT2D eigenvalue weighted by atomic mass is 9.87. The molecule has 1 aliphatic carbocycles. The molecule has 0 aliphatic heterocycles. The first-order valence-electron chi connectivity index (χ1n) is 9.97. The van der Waals surface area contributed by atoms with E-state index >= 15 is 0 Å². The number of nitrogens with two attached hydrogens (primary N) is 1. The average molecular weight is 410 g/mol. The highest BCUT2D eigenvalue weighted by Crippen LogP contribution is 2.28. The fourth-order valence-electron chi connectivity index (χ4n) is 3.60. The topological polar surface area (TPSA) is 102 Å². The molecule has 28 heavy (non-hydrogen) atoms. The van der Waals surface area contributed by atoms with Gasteiger partial charge in [0.25, 0.3) is 0 Å². The van der Waals surface area contributed by atoms with Crippen molar-refractivity contribution in [2.45, 2.75) is 52.4 Å². The second-order valence-corrected chi connectivity index (χ2v) is 8.41. The Labute approximate surface area is 170 Å². The summed E-state index contributed by atoms with van der Waals surface area (Å²) in [4.78, 5) is 38.1. The number of carbonyl (C=O) groups excluding carboxylic acids is 3. The van der Waals surface area contributed by atoms with E-state index < -0.39 is 5.91 Å². The third-order valence-corrected chi connectivity index (χ3v) is 6.10. The van der Waals surface area contributed by atoms with Gasteiger partial charge in [0.05, 0.1) is 24.7 Å². The first kappa shape index (κ1) is 22.4. The molecule has 0 saturated heterocycles. The van der Waals surface area contributed by atoms with Crippen LogP contribution in [0.1, 0.15) is 60.7 Å². The lowest BCUT2D eigenvalue weighted by molar-refractivity contribution is -0.121. The number of rotatable bonds is 10. The molecule has 156 valence electrons. The van der Waals surface area contributed by atoms with Crippen molar-refractivity contribution in [2.75, 3.05) is 31.6 Å². The van der Waals surface area contributed by atoms with Gasteiger partial charge in [-0.3, -0.25) is 14.5 Å². The standard InChI is InChI=1S/C20H31N3O4S/c1-3-27-20(26)19-14(2)11-18(28-19)22-17(25)13-23(12-16(21)24)10-9-15-7-5-4-6-8-15/h11,15H,3-10,12-13H2,1-2H3,(H2,21,24)(H,22,25). The van der Waals surface area contributed by atoms with E-state index in [9.17, 15) is 14.4 Å². The van der Waals surface area contributed by atoms with Crippen LogP contribution >= 0.6 is 11.3 Å². The molecule has 0 spiro atoms. The van der Waals surface area contributed by atoms with E-state index in [0.717, 1.165) is 12.0 Å². The summed E-state index contributed by atoms with van der Waals surface area (Å²) < 4.78 is 5.02. The van der Waals surface area contributed by atoms with Gasteiger partial charge in [-0.2, -0.15) is 0 Å². The predicted molar refractivity (Wildman–Crippen MR) is 110 cm³/mol. The summed E-state index contributed by atoms with van der Waals surface area (Å²) in [5.41, 5.74) is 6.12. The van der Waals surface area contributed by atoms with Crippen LogP contribution < -0.4 is 11.1 Å². The van der Waals surface area contributed by atoms with Crippen molar-refractivity contribution < 1.29 is 19.1 Å². The fraction of sp³-hybridized carbons (Fsp3) is 0.650. The van der Waals surface area contributed by atoms with Gasteiger partial charge in [0.15, 0.2) is 0 Å². The molecule has 1 aromatic heterocycles. The van der Waals surface area contributed by atoms with Crippen LogP contribution in [0, 0.1) is 12.8 Å². The number of ether oxygens (including phenoxy) is 1. The molecule has 1 saturated carbocycles. The molecular formula is C20H31N3O4S. The summed E-state index contributed by atoms with van der Waals surface area (Å²) in [6.45, 7) is 4.71. The Morgan fingerprint density at radius 2 is 1.96 bits per heavy atom. The van der Waals surface area contributed by atoms with Crippen molar-refractivity contribution in [1.82, 2.24) is 4.90 Å². The van der Waals surface area contributed by atoms with Crippen LogP contribution in [0.2, 0.25) is 0 Å². The highest BCUT2D eigenvalue weighted by Gasteiger charge is 2.19. The number of nitrogens with zero attached hydrogens (tertiary/aromatic N) is 1. The molecule has 0 bridgehead atoms. The molecule has 1 aromatic rings. The first-order chi connectivity index (χ1) is 13.4. The fourth-order valence-corrected chi connectivity index (χ4v) is 4.58. The zero-order valence-corrected chi connectivity index (χ0v) is 17.6. The van der Waals surface area contributed by atoms with Gasteiger partial charge in [-0.05, 0) is 44.4 Å².